The molecule has 0 bridgehead atoms. The Morgan fingerprint density at radius 2 is 1.69 bits per heavy atom. The number of rotatable bonds is 10. The fourth-order valence-electron chi connectivity index (χ4n) is 2.68. The Morgan fingerprint density at radius 1 is 1.00 bits per heavy atom. The number of thioether (sulfide) groups is 1. The van der Waals surface area contributed by atoms with Gasteiger partial charge < -0.3 is 31.9 Å². The minimum atomic E-state index is 0. The van der Waals surface area contributed by atoms with Gasteiger partial charge in [0.05, 0.1) is 27.0 Å². The van der Waals surface area contributed by atoms with E-state index in [1.807, 2.05) is 42.5 Å². The Labute approximate surface area is 180 Å². The summed E-state index contributed by atoms with van der Waals surface area (Å²) in [6.07, 6.45) is 0. The Hall–Kier alpha value is -2.49. The molecule has 0 atom stereocenters. The summed E-state index contributed by atoms with van der Waals surface area (Å²) in [4.78, 5) is 0. The van der Waals surface area contributed by atoms with E-state index in [1.54, 1.807) is 37.8 Å². The Morgan fingerprint density at radius 3 is 2.31 bits per heavy atom. The second-order valence-electron chi connectivity index (χ2n) is 5.77. The molecule has 0 spiro atoms. The molecule has 3 rings (SSSR count). The molecule has 0 saturated carbocycles. The molecule has 0 saturated heterocycles. The van der Waals surface area contributed by atoms with Gasteiger partial charge in [0.2, 0.25) is 10.9 Å². The van der Waals surface area contributed by atoms with E-state index < -0.39 is 0 Å². The van der Waals surface area contributed by atoms with Gasteiger partial charge >= 0.3 is 0 Å². The molecule has 0 aliphatic rings. The maximum Gasteiger partial charge on any atom is 0.214 e. The van der Waals surface area contributed by atoms with Crippen molar-refractivity contribution in [3.8, 4) is 22.9 Å². The van der Waals surface area contributed by atoms with Gasteiger partial charge in [-0.1, -0.05) is 30.0 Å². The van der Waals surface area contributed by atoms with Crippen LogP contribution >= 0.6 is 11.8 Å². The average Bonchev–Trinajstić information content (AvgIpc) is 3.21. The van der Waals surface area contributed by atoms with E-state index in [1.165, 1.54) is 0 Å². The summed E-state index contributed by atoms with van der Waals surface area (Å²) in [6, 6.07) is 13.7. The smallest absolute Gasteiger partial charge is 0.214 e. The lowest BCUT2D eigenvalue weighted by Gasteiger charge is -2.14. The monoisotopic (exact) mass is 436 g/mol. The first kappa shape index (κ1) is 22.8. The molecular formula is C19H23ClN5O3S-. The number of tetrazole rings is 1. The quantitative estimate of drug-likeness (QED) is 0.339. The molecule has 3 aromatic rings. The van der Waals surface area contributed by atoms with Crippen LogP contribution in [-0.2, 0) is 6.54 Å². The van der Waals surface area contributed by atoms with Crippen molar-refractivity contribution >= 4 is 11.8 Å². The summed E-state index contributed by atoms with van der Waals surface area (Å²) in [6.45, 7) is 1.48. The Balaban J connectivity index is 0.00000300. The van der Waals surface area contributed by atoms with Crippen LogP contribution in [0.4, 0.5) is 0 Å². The summed E-state index contributed by atoms with van der Waals surface area (Å²) in [5.41, 5.74) is 1.99. The molecule has 1 heterocycles. The number of nitrogens with one attached hydrogen (secondary N) is 1. The van der Waals surface area contributed by atoms with Gasteiger partial charge in [-0.25, -0.2) is 0 Å². The lowest BCUT2D eigenvalue weighted by molar-refractivity contribution is -0.00000662. The van der Waals surface area contributed by atoms with Gasteiger partial charge in [-0.15, -0.1) is 5.10 Å². The molecule has 0 fully saturated rings. The van der Waals surface area contributed by atoms with Crippen molar-refractivity contribution in [3.63, 3.8) is 0 Å². The molecule has 10 heteroatoms. The van der Waals surface area contributed by atoms with Crippen LogP contribution in [0.2, 0.25) is 0 Å². The third-order valence-electron chi connectivity index (χ3n) is 4.01. The number of para-hydroxylation sites is 1. The first-order valence-corrected chi connectivity index (χ1v) is 9.71. The first-order chi connectivity index (χ1) is 13.8. The van der Waals surface area contributed by atoms with Crippen molar-refractivity contribution in [1.82, 2.24) is 25.5 Å². The molecule has 8 nitrogen and oxygen atoms in total. The van der Waals surface area contributed by atoms with Crippen molar-refractivity contribution in [2.45, 2.75) is 11.7 Å². The van der Waals surface area contributed by atoms with Crippen molar-refractivity contribution in [2.75, 3.05) is 33.6 Å². The molecule has 156 valence electrons. The number of nitrogens with zero attached hydrogens (tertiary/aromatic N) is 4. The molecule has 0 amide bonds. The van der Waals surface area contributed by atoms with Crippen LogP contribution in [-0.4, -0.2) is 53.8 Å². The van der Waals surface area contributed by atoms with Gasteiger partial charge in [-0.05, 0) is 40.3 Å². The van der Waals surface area contributed by atoms with Crippen LogP contribution in [0.5, 0.6) is 17.2 Å². The number of methoxy groups -OCH3 is 3. The number of ether oxygens (including phenoxy) is 3. The highest BCUT2D eigenvalue weighted by Gasteiger charge is 2.13. The van der Waals surface area contributed by atoms with E-state index in [0.717, 1.165) is 28.7 Å². The van der Waals surface area contributed by atoms with E-state index in [9.17, 15) is 0 Å². The number of benzene rings is 2. The summed E-state index contributed by atoms with van der Waals surface area (Å²) in [5, 5.41) is 16.1. The zero-order valence-corrected chi connectivity index (χ0v) is 18.0. The summed E-state index contributed by atoms with van der Waals surface area (Å²) >= 11 is 1.60. The second kappa shape index (κ2) is 11.5. The normalized spacial score (nSPS) is 10.3. The van der Waals surface area contributed by atoms with Crippen molar-refractivity contribution in [1.29, 1.82) is 0 Å². The highest BCUT2D eigenvalue weighted by Crippen LogP contribution is 2.38. The van der Waals surface area contributed by atoms with Crippen LogP contribution in [0, 0.1) is 0 Å². The molecule has 0 aliphatic carbocycles. The molecule has 0 aliphatic heterocycles. The molecule has 1 N–H and O–H groups in total. The minimum Gasteiger partial charge on any atom is -1.00 e. The lowest BCUT2D eigenvalue weighted by Crippen LogP contribution is -3.00. The SMILES string of the molecule is COc1cc(CNCCSc2nnnn2-c2ccccc2)cc(OC)c1OC.[Cl-]. The summed E-state index contributed by atoms with van der Waals surface area (Å²) < 4.78 is 17.9. The zero-order valence-electron chi connectivity index (χ0n) is 16.5. The predicted octanol–water partition coefficient (Wildman–Crippen LogP) is -0.426. The van der Waals surface area contributed by atoms with Crippen LogP contribution in [0.25, 0.3) is 5.69 Å². The van der Waals surface area contributed by atoms with Gasteiger partial charge in [-0.2, -0.15) is 4.68 Å². The highest BCUT2D eigenvalue weighted by molar-refractivity contribution is 7.99. The van der Waals surface area contributed by atoms with Crippen molar-refractivity contribution in [3.05, 3.63) is 48.0 Å². The summed E-state index contributed by atoms with van der Waals surface area (Å²) in [5.74, 6) is 2.72. The maximum atomic E-state index is 5.39. The standard InChI is InChI=1S/C19H23N5O3S.ClH/c1-25-16-11-14(12-17(26-2)18(16)27-3)13-20-9-10-28-19-21-22-23-24(19)15-7-5-4-6-8-15;/h4-8,11-12,20H,9-10,13H2,1-3H3;1H/p-1. The number of halogens is 1. The van der Waals surface area contributed by atoms with Crippen LogP contribution in [0.3, 0.4) is 0 Å². The fraction of sp³-hybridized carbons (Fsp3) is 0.316. The molecule has 29 heavy (non-hydrogen) atoms. The van der Waals surface area contributed by atoms with Gasteiger partial charge in [-0.3, -0.25) is 0 Å². The molecule has 0 unspecified atom stereocenters. The molecule has 1 aromatic heterocycles. The lowest BCUT2D eigenvalue weighted by atomic mass is 10.2. The average molecular weight is 437 g/mol. The highest BCUT2D eigenvalue weighted by atomic mass is 35.5. The number of hydrogen-bond donors (Lipinski definition) is 1. The van der Waals surface area contributed by atoms with Crippen molar-refractivity contribution < 1.29 is 26.6 Å². The van der Waals surface area contributed by atoms with E-state index in [0.29, 0.717) is 23.8 Å². The molecule has 0 radical (unpaired) electrons. The summed E-state index contributed by atoms with van der Waals surface area (Å²) in [7, 11) is 4.82. The Kier molecular flexibility index (Phi) is 9.04. The van der Waals surface area contributed by atoms with E-state index >= 15 is 0 Å². The van der Waals surface area contributed by atoms with Gasteiger partial charge in [0, 0.05) is 18.8 Å². The van der Waals surface area contributed by atoms with Crippen molar-refractivity contribution in [2.24, 2.45) is 0 Å². The number of hydrogen-bond acceptors (Lipinski definition) is 8. The molecular weight excluding hydrogens is 414 g/mol. The zero-order chi connectivity index (χ0) is 19.8. The van der Waals surface area contributed by atoms with E-state index in [-0.39, 0.29) is 12.4 Å². The molecule has 2 aromatic carbocycles. The second-order valence-corrected chi connectivity index (χ2v) is 6.83. The predicted molar refractivity (Wildman–Crippen MR) is 108 cm³/mol. The fourth-order valence-corrected chi connectivity index (χ4v) is 3.47. The third-order valence-corrected chi connectivity index (χ3v) is 4.93. The van der Waals surface area contributed by atoms with Gasteiger partial charge in [0.25, 0.3) is 0 Å². The third kappa shape index (κ3) is 5.75. The van der Waals surface area contributed by atoms with Gasteiger partial charge in [0.15, 0.2) is 11.5 Å². The first-order valence-electron chi connectivity index (χ1n) is 8.73. The van der Waals surface area contributed by atoms with E-state index in [4.69, 9.17) is 14.2 Å². The largest absolute Gasteiger partial charge is 1.00 e. The topological polar surface area (TPSA) is 83.3 Å². The van der Waals surface area contributed by atoms with E-state index in [2.05, 4.69) is 20.8 Å². The minimum absolute atomic E-state index is 0. The Bertz CT molecular complexity index is 870. The maximum absolute atomic E-state index is 5.39. The van der Waals surface area contributed by atoms with Gasteiger partial charge in [0.1, 0.15) is 0 Å². The van der Waals surface area contributed by atoms with Crippen LogP contribution in [0.1, 0.15) is 5.56 Å². The van der Waals surface area contributed by atoms with Crippen LogP contribution < -0.4 is 31.9 Å². The number of aromatic nitrogens is 4. The van der Waals surface area contributed by atoms with Crippen LogP contribution in [0.15, 0.2) is 47.6 Å².